The van der Waals surface area contributed by atoms with Gasteiger partial charge in [-0.25, -0.2) is 8.42 Å². The Balaban J connectivity index is 2.04. The molecule has 126 valence electrons. The molecule has 1 saturated heterocycles. The zero-order chi connectivity index (χ0) is 16.8. The predicted octanol–water partition coefficient (Wildman–Crippen LogP) is 2.24. The normalized spacial score (nSPS) is 18.1. The van der Waals surface area contributed by atoms with Crippen LogP contribution in [-0.4, -0.2) is 55.4 Å². The van der Waals surface area contributed by atoms with Gasteiger partial charge in [-0.1, -0.05) is 13.8 Å². The number of hydrogen-bond acceptors (Lipinski definition) is 3. The second kappa shape index (κ2) is 5.92. The lowest BCUT2D eigenvalue weighted by atomic mass is 10.0. The Bertz CT molecular complexity index is 816. The summed E-state index contributed by atoms with van der Waals surface area (Å²) in [7, 11) is 0.613. The molecule has 0 aliphatic carbocycles. The molecular formula is C17H25N3O2S. The van der Waals surface area contributed by atoms with Crippen molar-refractivity contribution in [3.63, 3.8) is 0 Å². The maximum absolute atomic E-state index is 12.9. The van der Waals surface area contributed by atoms with E-state index in [-0.39, 0.29) is 0 Å². The molecule has 2 heterocycles. The van der Waals surface area contributed by atoms with E-state index in [1.54, 1.807) is 10.4 Å². The Morgan fingerprint density at radius 1 is 1.04 bits per heavy atom. The van der Waals surface area contributed by atoms with Crippen molar-refractivity contribution in [1.82, 2.24) is 13.8 Å². The third kappa shape index (κ3) is 2.91. The molecule has 0 saturated carbocycles. The maximum atomic E-state index is 12.9. The largest absolute Gasteiger partial charge is 0.350 e. The van der Waals surface area contributed by atoms with E-state index in [4.69, 9.17) is 0 Å². The van der Waals surface area contributed by atoms with Gasteiger partial charge in [0, 0.05) is 50.3 Å². The first-order valence-electron chi connectivity index (χ1n) is 8.08. The maximum Gasteiger partial charge on any atom is 0.243 e. The monoisotopic (exact) mass is 335 g/mol. The molecule has 1 aliphatic rings. The quantitative estimate of drug-likeness (QED) is 0.864. The van der Waals surface area contributed by atoms with Crippen molar-refractivity contribution in [2.24, 2.45) is 7.05 Å². The van der Waals surface area contributed by atoms with E-state index in [1.807, 2.05) is 26.2 Å². The predicted molar refractivity (Wildman–Crippen MR) is 93.3 cm³/mol. The van der Waals surface area contributed by atoms with Crippen LogP contribution >= 0.6 is 0 Å². The molecule has 6 heteroatoms. The number of likely N-dealkylation sites (N-methyl/N-ethyl adjacent to an activating group) is 1. The molecule has 1 aliphatic heterocycles. The van der Waals surface area contributed by atoms with Crippen molar-refractivity contribution < 1.29 is 8.42 Å². The van der Waals surface area contributed by atoms with Crippen molar-refractivity contribution in [2.45, 2.75) is 24.7 Å². The molecule has 0 N–H and O–H groups in total. The summed E-state index contributed by atoms with van der Waals surface area (Å²) in [5.41, 5.74) is 2.27. The van der Waals surface area contributed by atoms with Gasteiger partial charge in [0.15, 0.2) is 0 Å². The molecule has 3 rings (SSSR count). The third-order valence-electron chi connectivity index (χ3n) is 4.71. The fraction of sp³-hybridized carbons (Fsp3) is 0.529. The van der Waals surface area contributed by atoms with Gasteiger partial charge in [0.05, 0.1) is 4.90 Å². The van der Waals surface area contributed by atoms with Crippen molar-refractivity contribution >= 4 is 20.9 Å². The summed E-state index contributed by atoms with van der Waals surface area (Å²) in [4.78, 5) is 2.56. The molecule has 0 bridgehead atoms. The van der Waals surface area contributed by atoms with Crippen LogP contribution in [0, 0.1) is 0 Å². The Kier molecular flexibility index (Phi) is 4.25. The highest BCUT2D eigenvalue weighted by molar-refractivity contribution is 7.89. The number of piperazine rings is 1. The summed E-state index contributed by atoms with van der Waals surface area (Å²) in [6.07, 6.45) is 2.10. The molecule has 5 nitrogen and oxygen atoms in total. The van der Waals surface area contributed by atoms with E-state index in [0.717, 1.165) is 24.0 Å². The summed E-state index contributed by atoms with van der Waals surface area (Å²) in [5, 5.41) is 1.04. The lowest BCUT2D eigenvalue weighted by molar-refractivity contribution is 0.222. The van der Waals surface area contributed by atoms with E-state index >= 15 is 0 Å². The Morgan fingerprint density at radius 3 is 2.30 bits per heavy atom. The van der Waals surface area contributed by atoms with E-state index in [1.165, 1.54) is 5.56 Å². The fourth-order valence-corrected chi connectivity index (χ4v) is 4.65. The zero-order valence-electron chi connectivity index (χ0n) is 14.3. The second-order valence-electron chi connectivity index (χ2n) is 6.74. The smallest absolute Gasteiger partial charge is 0.243 e. The number of rotatable bonds is 3. The zero-order valence-corrected chi connectivity index (χ0v) is 15.1. The summed E-state index contributed by atoms with van der Waals surface area (Å²) in [6.45, 7) is 6.95. The number of aryl methyl sites for hydroxylation is 1. The van der Waals surface area contributed by atoms with Gasteiger partial charge in [-0.2, -0.15) is 4.31 Å². The van der Waals surface area contributed by atoms with Crippen LogP contribution in [0.15, 0.2) is 29.3 Å². The van der Waals surface area contributed by atoms with E-state index < -0.39 is 10.0 Å². The fourth-order valence-electron chi connectivity index (χ4n) is 3.20. The second-order valence-corrected chi connectivity index (χ2v) is 8.67. The topological polar surface area (TPSA) is 45.6 Å². The summed E-state index contributed by atoms with van der Waals surface area (Å²) in [6, 6.07) is 5.50. The van der Waals surface area contributed by atoms with Crippen LogP contribution in [0.2, 0.25) is 0 Å². The highest BCUT2D eigenvalue weighted by Crippen LogP contribution is 2.30. The van der Waals surface area contributed by atoms with Crippen LogP contribution in [-0.2, 0) is 17.1 Å². The highest BCUT2D eigenvalue weighted by atomic mass is 32.2. The third-order valence-corrected chi connectivity index (χ3v) is 6.61. The highest BCUT2D eigenvalue weighted by Gasteiger charge is 2.28. The first kappa shape index (κ1) is 16.5. The molecule has 1 aromatic heterocycles. The van der Waals surface area contributed by atoms with Crippen LogP contribution in [0.1, 0.15) is 25.3 Å². The summed E-state index contributed by atoms with van der Waals surface area (Å²) < 4.78 is 29.5. The van der Waals surface area contributed by atoms with E-state index in [0.29, 0.717) is 23.9 Å². The average molecular weight is 335 g/mol. The van der Waals surface area contributed by atoms with E-state index in [9.17, 15) is 8.42 Å². The van der Waals surface area contributed by atoms with Crippen LogP contribution < -0.4 is 0 Å². The minimum absolute atomic E-state index is 0.361. The molecule has 23 heavy (non-hydrogen) atoms. The number of aromatic nitrogens is 1. The van der Waals surface area contributed by atoms with Gasteiger partial charge >= 0.3 is 0 Å². The van der Waals surface area contributed by atoms with Crippen LogP contribution in [0.25, 0.3) is 10.9 Å². The van der Waals surface area contributed by atoms with Crippen LogP contribution in [0.5, 0.6) is 0 Å². The molecule has 1 aromatic carbocycles. The Labute approximate surface area is 138 Å². The number of nitrogens with zero attached hydrogens (tertiary/aromatic N) is 3. The van der Waals surface area contributed by atoms with Crippen LogP contribution in [0.4, 0.5) is 0 Å². The standard InChI is InChI=1S/C17H25N3O2S/c1-13(2)16-12-19(4)17-6-5-14(11-15(16)17)23(21,22)20-9-7-18(3)8-10-20/h5-6,11-13H,7-10H2,1-4H3. The Morgan fingerprint density at radius 2 is 1.70 bits per heavy atom. The Hall–Kier alpha value is -1.37. The van der Waals surface area contributed by atoms with Gasteiger partial charge in [0.25, 0.3) is 0 Å². The molecule has 0 radical (unpaired) electrons. The molecule has 0 amide bonds. The first-order valence-corrected chi connectivity index (χ1v) is 9.52. The van der Waals surface area contributed by atoms with Crippen molar-refractivity contribution in [2.75, 3.05) is 33.2 Å². The van der Waals surface area contributed by atoms with Crippen molar-refractivity contribution in [3.8, 4) is 0 Å². The van der Waals surface area contributed by atoms with Gasteiger partial charge in [0.2, 0.25) is 10.0 Å². The first-order chi connectivity index (χ1) is 10.8. The minimum atomic E-state index is -3.41. The number of fused-ring (bicyclic) bond motifs is 1. The van der Waals surface area contributed by atoms with Gasteiger partial charge in [-0.15, -0.1) is 0 Å². The van der Waals surface area contributed by atoms with Gasteiger partial charge in [0.1, 0.15) is 0 Å². The van der Waals surface area contributed by atoms with Gasteiger partial charge in [-0.3, -0.25) is 0 Å². The van der Waals surface area contributed by atoms with Crippen LogP contribution in [0.3, 0.4) is 0 Å². The van der Waals surface area contributed by atoms with Gasteiger partial charge < -0.3 is 9.47 Å². The van der Waals surface area contributed by atoms with E-state index in [2.05, 4.69) is 29.5 Å². The summed E-state index contributed by atoms with van der Waals surface area (Å²) >= 11 is 0. The molecule has 0 atom stereocenters. The summed E-state index contributed by atoms with van der Waals surface area (Å²) in [5.74, 6) is 0.361. The number of benzene rings is 1. The number of hydrogen-bond donors (Lipinski definition) is 0. The lowest BCUT2D eigenvalue weighted by Gasteiger charge is -2.31. The molecule has 0 spiro atoms. The lowest BCUT2D eigenvalue weighted by Crippen LogP contribution is -2.46. The molecular weight excluding hydrogens is 310 g/mol. The van der Waals surface area contributed by atoms with Crippen molar-refractivity contribution in [1.29, 1.82) is 0 Å². The van der Waals surface area contributed by atoms with Crippen molar-refractivity contribution in [3.05, 3.63) is 30.0 Å². The average Bonchev–Trinajstić information content (AvgIpc) is 2.85. The minimum Gasteiger partial charge on any atom is -0.350 e. The molecule has 2 aromatic rings. The SMILES string of the molecule is CC(C)c1cn(C)c2ccc(S(=O)(=O)N3CCN(C)CC3)cc12. The van der Waals surface area contributed by atoms with Gasteiger partial charge in [-0.05, 0) is 36.7 Å². The molecule has 1 fully saturated rings. The number of sulfonamides is 1. The molecule has 0 unspecified atom stereocenters.